The Morgan fingerprint density at radius 3 is 2.46 bits per heavy atom. The van der Waals surface area contributed by atoms with Crippen molar-refractivity contribution >= 4 is 15.7 Å². The maximum absolute atomic E-state index is 12.4. The SMILES string of the molecule is O=[N+]([O-])c1cccc(S(=O)(=O)NCc2cccc(CN3CCCC3)c2)c1. The van der Waals surface area contributed by atoms with Crippen LogP contribution in [-0.4, -0.2) is 31.3 Å². The van der Waals surface area contributed by atoms with Crippen molar-refractivity contribution in [1.82, 2.24) is 9.62 Å². The molecule has 26 heavy (non-hydrogen) atoms. The van der Waals surface area contributed by atoms with Crippen molar-refractivity contribution in [3.63, 3.8) is 0 Å². The summed E-state index contributed by atoms with van der Waals surface area (Å²) >= 11 is 0. The van der Waals surface area contributed by atoms with E-state index in [0.29, 0.717) is 0 Å². The van der Waals surface area contributed by atoms with Gasteiger partial charge in [-0.15, -0.1) is 0 Å². The lowest BCUT2D eigenvalue weighted by molar-refractivity contribution is -0.385. The van der Waals surface area contributed by atoms with Crippen LogP contribution in [0.25, 0.3) is 0 Å². The molecule has 1 N–H and O–H groups in total. The summed E-state index contributed by atoms with van der Waals surface area (Å²) in [5.74, 6) is 0. The largest absolute Gasteiger partial charge is 0.299 e. The molecule has 0 radical (unpaired) electrons. The molecule has 3 rings (SSSR count). The standard InChI is InChI=1S/C18H21N3O4S/c22-21(23)17-7-4-8-18(12-17)26(24,25)19-13-15-5-3-6-16(11-15)14-20-9-1-2-10-20/h3-8,11-12,19H,1-2,9-10,13-14H2. The average Bonchev–Trinajstić information content (AvgIpc) is 3.13. The van der Waals surface area contributed by atoms with Crippen LogP contribution in [0.15, 0.2) is 53.4 Å². The maximum atomic E-state index is 12.4. The first-order chi connectivity index (χ1) is 12.4. The second-order valence-corrected chi connectivity index (χ2v) is 8.15. The van der Waals surface area contributed by atoms with Crippen molar-refractivity contribution in [2.45, 2.75) is 30.8 Å². The molecule has 1 heterocycles. The number of benzene rings is 2. The smallest absolute Gasteiger partial charge is 0.270 e. The number of hydrogen-bond acceptors (Lipinski definition) is 5. The predicted molar refractivity (Wildman–Crippen MR) is 98.1 cm³/mol. The Kier molecular flexibility index (Phi) is 5.65. The molecule has 8 heteroatoms. The lowest BCUT2D eigenvalue weighted by Gasteiger charge is -2.15. The summed E-state index contributed by atoms with van der Waals surface area (Å²) in [6, 6.07) is 12.9. The molecule has 0 aliphatic carbocycles. The Morgan fingerprint density at radius 2 is 1.73 bits per heavy atom. The first kappa shape index (κ1) is 18.5. The number of likely N-dealkylation sites (tertiary alicyclic amines) is 1. The van der Waals surface area contributed by atoms with Crippen molar-refractivity contribution in [2.24, 2.45) is 0 Å². The zero-order valence-electron chi connectivity index (χ0n) is 14.3. The zero-order valence-corrected chi connectivity index (χ0v) is 15.1. The van der Waals surface area contributed by atoms with E-state index in [2.05, 4.69) is 9.62 Å². The molecule has 2 aromatic rings. The van der Waals surface area contributed by atoms with E-state index >= 15 is 0 Å². The van der Waals surface area contributed by atoms with E-state index in [-0.39, 0.29) is 17.1 Å². The summed E-state index contributed by atoms with van der Waals surface area (Å²) in [6.07, 6.45) is 2.45. The van der Waals surface area contributed by atoms with Gasteiger partial charge in [0.05, 0.1) is 9.82 Å². The Morgan fingerprint density at radius 1 is 1.04 bits per heavy atom. The first-order valence-corrected chi connectivity index (χ1v) is 9.97. The third kappa shape index (κ3) is 4.66. The maximum Gasteiger partial charge on any atom is 0.270 e. The highest BCUT2D eigenvalue weighted by atomic mass is 32.2. The fraction of sp³-hybridized carbons (Fsp3) is 0.333. The number of nitrogens with zero attached hydrogens (tertiary/aromatic N) is 2. The zero-order chi connectivity index (χ0) is 18.6. The third-order valence-corrected chi connectivity index (χ3v) is 5.80. The average molecular weight is 375 g/mol. The van der Waals surface area contributed by atoms with E-state index in [1.165, 1.54) is 31.0 Å². The highest BCUT2D eigenvalue weighted by Crippen LogP contribution is 2.18. The molecule has 1 fully saturated rings. The second-order valence-electron chi connectivity index (χ2n) is 6.38. The topological polar surface area (TPSA) is 92.5 Å². The summed E-state index contributed by atoms with van der Waals surface area (Å²) in [6.45, 7) is 3.21. The monoisotopic (exact) mass is 375 g/mol. The number of rotatable bonds is 7. The summed E-state index contributed by atoms with van der Waals surface area (Å²) in [7, 11) is -3.81. The van der Waals surface area contributed by atoms with Crippen LogP contribution < -0.4 is 4.72 Å². The molecule has 1 aliphatic heterocycles. The van der Waals surface area contributed by atoms with E-state index in [4.69, 9.17) is 0 Å². The molecule has 7 nitrogen and oxygen atoms in total. The number of nitro benzene ring substituents is 1. The minimum Gasteiger partial charge on any atom is -0.299 e. The number of sulfonamides is 1. The molecule has 0 amide bonds. The number of hydrogen-bond donors (Lipinski definition) is 1. The van der Waals surface area contributed by atoms with Crippen molar-refractivity contribution in [3.05, 3.63) is 69.8 Å². The van der Waals surface area contributed by atoms with Gasteiger partial charge in [-0.05, 0) is 43.1 Å². The first-order valence-electron chi connectivity index (χ1n) is 8.48. The molecule has 0 bridgehead atoms. The van der Waals surface area contributed by atoms with Crippen LogP contribution in [0, 0.1) is 10.1 Å². The van der Waals surface area contributed by atoms with Gasteiger partial charge in [0.2, 0.25) is 10.0 Å². The van der Waals surface area contributed by atoms with Gasteiger partial charge < -0.3 is 0 Å². The van der Waals surface area contributed by atoms with Crippen LogP contribution in [0.3, 0.4) is 0 Å². The summed E-state index contributed by atoms with van der Waals surface area (Å²) in [4.78, 5) is 12.5. The molecule has 2 aromatic carbocycles. The van der Waals surface area contributed by atoms with E-state index in [1.54, 1.807) is 0 Å². The molecular weight excluding hydrogens is 354 g/mol. The molecule has 138 valence electrons. The van der Waals surface area contributed by atoms with Crippen molar-refractivity contribution in [1.29, 1.82) is 0 Å². The van der Waals surface area contributed by atoms with Gasteiger partial charge in [-0.2, -0.15) is 0 Å². The summed E-state index contributed by atoms with van der Waals surface area (Å²) < 4.78 is 27.3. The van der Waals surface area contributed by atoms with Gasteiger partial charge in [0, 0.05) is 25.2 Å². The van der Waals surface area contributed by atoms with Crippen LogP contribution in [0.2, 0.25) is 0 Å². The van der Waals surface area contributed by atoms with Crippen molar-refractivity contribution in [3.8, 4) is 0 Å². The fourth-order valence-corrected chi connectivity index (χ4v) is 4.12. The molecule has 0 aromatic heterocycles. The van der Waals surface area contributed by atoms with Gasteiger partial charge in [0.1, 0.15) is 0 Å². The highest BCUT2D eigenvalue weighted by Gasteiger charge is 2.17. The number of nitrogens with one attached hydrogen (secondary N) is 1. The fourth-order valence-electron chi connectivity index (χ4n) is 3.06. The van der Waals surface area contributed by atoms with Crippen molar-refractivity contribution in [2.75, 3.05) is 13.1 Å². The Balaban J connectivity index is 1.67. The van der Waals surface area contributed by atoms with Crippen LogP contribution in [0.5, 0.6) is 0 Å². The summed E-state index contributed by atoms with van der Waals surface area (Å²) in [5.41, 5.74) is 1.76. The van der Waals surface area contributed by atoms with Crippen LogP contribution in [0.4, 0.5) is 5.69 Å². The molecule has 0 unspecified atom stereocenters. The third-order valence-electron chi connectivity index (χ3n) is 4.40. The predicted octanol–water partition coefficient (Wildman–Crippen LogP) is 2.67. The minimum atomic E-state index is -3.81. The molecule has 0 saturated carbocycles. The number of nitro groups is 1. The normalized spacial score (nSPS) is 15.2. The molecular formula is C18H21N3O4S. The van der Waals surface area contributed by atoms with Gasteiger partial charge >= 0.3 is 0 Å². The quantitative estimate of drug-likeness (QED) is 0.593. The molecule has 1 saturated heterocycles. The minimum absolute atomic E-state index is 0.111. The van der Waals surface area contributed by atoms with Gasteiger partial charge in [0.25, 0.3) is 5.69 Å². The Labute approximate surface area is 152 Å². The van der Waals surface area contributed by atoms with E-state index in [1.807, 2.05) is 24.3 Å². The molecule has 0 spiro atoms. The van der Waals surface area contributed by atoms with Crippen LogP contribution >= 0.6 is 0 Å². The second kappa shape index (κ2) is 7.94. The lowest BCUT2D eigenvalue weighted by Crippen LogP contribution is -2.23. The van der Waals surface area contributed by atoms with Crippen LogP contribution in [-0.2, 0) is 23.1 Å². The number of non-ortho nitro benzene ring substituents is 1. The van der Waals surface area contributed by atoms with Gasteiger partial charge in [0.15, 0.2) is 0 Å². The Hall–Kier alpha value is -2.29. The molecule has 0 atom stereocenters. The van der Waals surface area contributed by atoms with Gasteiger partial charge in [-0.1, -0.05) is 30.3 Å². The Bertz CT molecular complexity index is 893. The van der Waals surface area contributed by atoms with Crippen LogP contribution in [0.1, 0.15) is 24.0 Å². The van der Waals surface area contributed by atoms with E-state index < -0.39 is 14.9 Å². The van der Waals surface area contributed by atoms with Crippen molar-refractivity contribution < 1.29 is 13.3 Å². The lowest BCUT2D eigenvalue weighted by atomic mass is 10.1. The molecule has 1 aliphatic rings. The van der Waals surface area contributed by atoms with E-state index in [0.717, 1.165) is 36.8 Å². The van der Waals surface area contributed by atoms with Gasteiger partial charge in [-0.3, -0.25) is 15.0 Å². The summed E-state index contributed by atoms with van der Waals surface area (Å²) in [5, 5.41) is 10.8. The van der Waals surface area contributed by atoms with Gasteiger partial charge in [-0.25, -0.2) is 13.1 Å². The van der Waals surface area contributed by atoms with E-state index in [9.17, 15) is 18.5 Å². The highest BCUT2D eigenvalue weighted by molar-refractivity contribution is 7.89.